The number of benzene rings is 1. The molecule has 0 spiro atoms. The van der Waals surface area contributed by atoms with Crippen LogP contribution in [0.3, 0.4) is 0 Å². The van der Waals surface area contributed by atoms with Crippen molar-refractivity contribution in [1.82, 2.24) is 30.9 Å². The SMILES string of the molecule is Cc1onc(-c2ccccc2)c1C(=O)N1CCC(c2nc(C(=O)NNC(=O)c3ccnc(Cl)c3)cs2)CC1. The molecule has 1 aliphatic heterocycles. The van der Waals surface area contributed by atoms with Crippen LogP contribution in [-0.2, 0) is 0 Å². The molecule has 194 valence electrons. The first kappa shape index (κ1) is 25.6. The number of aryl methyl sites for hydroxylation is 1. The third-order valence-corrected chi connectivity index (χ3v) is 7.50. The van der Waals surface area contributed by atoms with Crippen LogP contribution in [-0.4, -0.2) is 50.8 Å². The fourth-order valence-electron chi connectivity index (χ4n) is 4.28. The zero-order valence-corrected chi connectivity index (χ0v) is 21.9. The monoisotopic (exact) mass is 550 g/mol. The van der Waals surface area contributed by atoms with Crippen LogP contribution in [0.4, 0.5) is 0 Å². The van der Waals surface area contributed by atoms with Gasteiger partial charge >= 0.3 is 0 Å². The molecule has 0 radical (unpaired) electrons. The molecule has 4 heterocycles. The molecule has 0 saturated carbocycles. The average molecular weight is 551 g/mol. The number of nitrogens with zero attached hydrogens (tertiary/aromatic N) is 4. The Morgan fingerprint density at radius 1 is 1.08 bits per heavy atom. The summed E-state index contributed by atoms with van der Waals surface area (Å²) in [6.07, 6.45) is 2.83. The van der Waals surface area contributed by atoms with Crippen LogP contribution < -0.4 is 10.9 Å². The minimum atomic E-state index is -0.523. The fourth-order valence-corrected chi connectivity index (χ4v) is 5.42. The second kappa shape index (κ2) is 11.1. The number of aromatic nitrogens is 3. The zero-order chi connectivity index (χ0) is 26.6. The molecule has 3 aromatic heterocycles. The summed E-state index contributed by atoms with van der Waals surface area (Å²) in [5.74, 6) is -0.535. The molecule has 3 amide bonds. The number of hydrogen-bond donors (Lipinski definition) is 2. The number of hydrazine groups is 1. The normalized spacial score (nSPS) is 13.8. The van der Waals surface area contributed by atoms with Crippen LogP contribution >= 0.6 is 22.9 Å². The molecule has 1 fully saturated rings. The number of halogens is 1. The van der Waals surface area contributed by atoms with E-state index in [4.69, 9.17) is 16.1 Å². The van der Waals surface area contributed by atoms with Crippen molar-refractivity contribution in [2.45, 2.75) is 25.7 Å². The number of carbonyl (C=O) groups excluding carboxylic acids is 3. The van der Waals surface area contributed by atoms with E-state index in [2.05, 4.69) is 26.0 Å². The molecule has 4 aromatic rings. The Morgan fingerprint density at radius 3 is 2.55 bits per heavy atom. The van der Waals surface area contributed by atoms with Crippen molar-refractivity contribution >= 4 is 40.7 Å². The minimum Gasteiger partial charge on any atom is -0.360 e. The zero-order valence-electron chi connectivity index (χ0n) is 20.3. The first-order valence-corrected chi connectivity index (χ1v) is 13.1. The Kier molecular flexibility index (Phi) is 7.47. The molecule has 5 rings (SSSR count). The van der Waals surface area contributed by atoms with E-state index in [-0.39, 0.29) is 28.2 Å². The number of carbonyl (C=O) groups is 3. The molecule has 1 aliphatic rings. The van der Waals surface area contributed by atoms with Gasteiger partial charge in [0.05, 0.1) is 5.01 Å². The summed E-state index contributed by atoms with van der Waals surface area (Å²) >= 11 is 7.19. The summed E-state index contributed by atoms with van der Waals surface area (Å²) in [7, 11) is 0. The van der Waals surface area contributed by atoms with Crippen molar-refractivity contribution in [3.05, 3.63) is 86.8 Å². The van der Waals surface area contributed by atoms with Gasteiger partial charge in [0.2, 0.25) is 0 Å². The average Bonchev–Trinajstić information content (AvgIpc) is 3.59. The second-order valence-corrected chi connectivity index (χ2v) is 10.0. The van der Waals surface area contributed by atoms with Gasteiger partial charge in [0.1, 0.15) is 27.9 Å². The predicted octanol–water partition coefficient (Wildman–Crippen LogP) is 4.25. The van der Waals surface area contributed by atoms with Gasteiger partial charge in [-0.05, 0) is 31.9 Å². The van der Waals surface area contributed by atoms with Gasteiger partial charge in [0.25, 0.3) is 17.7 Å². The van der Waals surface area contributed by atoms with E-state index in [9.17, 15) is 14.4 Å². The minimum absolute atomic E-state index is 0.105. The van der Waals surface area contributed by atoms with Crippen molar-refractivity contribution < 1.29 is 18.9 Å². The van der Waals surface area contributed by atoms with E-state index in [0.717, 1.165) is 10.6 Å². The highest BCUT2D eigenvalue weighted by molar-refractivity contribution is 7.09. The number of rotatable bonds is 5. The Hall–Kier alpha value is -4.09. The molecule has 0 bridgehead atoms. The fraction of sp³-hybridized carbons (Fsp3) is 0.231. The lowest BCUT2D eigenvalue weighted by Crippen LogP contribution is -2.41. The van der Waals surface area contributed by atoms with E-state index < -0.39 is 11.8 Å². The highest BCUT2D eigenvalue weighted by Gasteiger charge is 2.31. The van der Waals surface area contributed by atoms with Crippen molar-refractivity contribution in [1.29, 1.82) is 0 Å². The van der Waals surface area contributed by atoms with Crippen LogP contribution in [0.5, 0.6) is 0 Å². The summed E-state index contributed by atoms with van der Waals surface area (Å²) in [4.78, 5) is 48.2. The second-order valence-electron chi connectivity index (χ2n) is 8.74. The third kappa shape index (κ3) is 5.43. The lowest BCUT2D eigenvalue weighted by Gasteiger charge is -2.31. The van der Waals surface area contributed by atoms with Crippen molar-refractivity contribution in [3.8, 4) is 11.3 Å². The summed E-state index contributed by atoms with van der Waals surface area (Å²) < 4.78 is 5.36. The summed E-state index contributed by atoms with van der Waals surface area (Å²) in [6, 6.07) is 12.4. The number of likely N-dealkylation sites (tertiary alicyclic amines) is 1. The summed E-state index contributed by atoms with van der Waals surface area (Å²) in [5.41, 5.74) is 7.06. The molecule has 1 saturated heterocycles. The van der Waals surface area contributed by atoms with Crippen LogP contribution in [0.1, 0.15) is 60.7 Å². The number of thiazole rings is 1. The summed E-state index contributed by atoms with van der Waals surface area (Å²) in [6.45, 7) is 2.85. The maximum atomic E-state index is 13.4. The number of hydrogen-bond acceptors (Lipinski definition) is 8. The molecule has 10 nitrogen and oxygen atoms in total. The van der Waals surface area contributed by atoms with E-state index in [1.165, 1.54) is 29.7 Å². The third-order valence-electron chi connectivity index (χ3n) is 6.29. The summed E-state index contributed by atoms with van der Waals surface area (Å²) in [5, 5.41) is 6.78. The Labute approximate surface area is 227 Å². The van der Waals surface area contributed by atoms with Crippen molar-refractivity contribution in [2.24, 2.45) is 0 Å². The molecule has 1 aromatic carbocycles. The maximum Gasteiger partial charge on any atom is 0.289 e. The van der Waals surface area contributed by atoms with Gasteiger partial charge < -0.3 is 9.42 Å². The largest absolute Gasteiger partial charge is 0.360 e. The quantitative estimate of drug-likeness (QED) is 0.280. The van der Waals surface area contributed by atoms with Gasteiger partial charge in [-0.15, -0.1) is 11.3 Å². The van der Waals surface area contributed by atoms with Gasteiger partial charge in [-0.25, -0.2) is 9.97 Å². The number of piperidine rings is 1. The molecular formula is C26H23ClN6O4S. The van der Waals surface area contributed by atoms with Crippen LogP contribution in [0.25, 0.3) is 11.3 Å². The smallest absolute Gasteiger partial charge is 0.289 e. The first-order chi connectivity index (χ1) is 18.4. The standard InChI is InChI=1S/C26H23ClN6O4S/c1-15-21(22(32-37-15)16-5-3-2-4-6-16)26(36)33-11-8-17(9-12-33)25-29-19(14-38-25)24(35)31-30-23(34)18-7-10-28-20(27)13-18/h2-7,10,13-14,17H,8-9,11-12H2,1H3,(H,30,34)(H,31,35). The number of nitrogens with one attached hydrogen (secondary N) is 2. The van der Waals surface area contributed by atoms with Gasteiger partial charge in [-0.3, -0.25) is 25.2 Å². The molecule has 2 N–H and O–H groups in total. The van der Waals surface area contributed by atoms with Gasteiger partial charge in [-0.1, -0.05) is 47.1 Å². The van der Waals surface area contributed by atoms with Gasteiger partial charge in [-0.2, -0.15) is 0 Å². The first-order valence-electron chi connectivity index (χ1n) is 11.9. The molecule has 12 heteroatoms. The van der Waals surface area contributed by atoms with Crippen LogP contribution in [0, 0.1) is 6.92 Å². The molecule has 0 atom stereocenters. The van der Waals surface area contributed by atoms with Gasteiger partial charge in [0.15, 0.2) is 0 Å². The van der Waals surface area contributed by atoms with E-state index in [1.54, 1.807) is 12.3 Å². The lowest BCUT2D eigenvalue weighted by molar-refractivity contribution is 0.0711. The Morgan fingerprint density at radius 2 is 1.82 bits per heavy atom. The van der Waals surface area contributed by atoms with Crippen molar-refractivity contribution in [2.75, 3.05) is 13.1 Å². The van der Waals surface area contributed by atoms with Crippen LogP contribution in [0.15, 0.2) is 58.6 Å². The number of amides is 3. The van der Waals surface area contributed by atoms with Crippen molar-refractivity contribution in [3.63, 3.8) is 0 Å². The van der Waals surface area contributed by atoms with Gasteiger partial charge in [0, 0.05) is 41.7 Å². The van der Waals surface area contributed by atoms with E-state index >= 15 is 0 Å². The van der Waals surface area contributed by atoms with E-state index in [1.807, 2.05) is 35.2 Å². The highest BCUT2D eigenvalue weighted by Crippen LogP contribution is 2.32. The van der Waals surface area contributed by atoms with E-state index in [0.29, 0.717) is 42.9 Å². The topological polar surface area (TPSA) is 130 Å². The van der Waals surface area contributed by atoms with Crippen LogP contribution in [0.2, 0.25) is 5.15 Å². The Bertz CT molecular complexity index is 1480. The molecule has 38 heavy (non-hydrogen) atoms. The molecular weight excluding hydrogens is 528 g/mol. The molecule has 0 aliphatic carbocycles. The highest BCUT2D eigenvalue weighted by atomic mass is 35.5. The Balaban J connectivity index is 1.18. The maximum absolute atomic E-state index is 13.4. The molecule has 0 unspecified atom stereocenters. The number of pyridine rings is 1. The predicted molar refractivity (Wildman–Crippen MR) is 141 cm³/mol. The lowest BCUT2D eigenvalue weighted by atomic mass is 9.96.